The zero-order chi connectivity index (χ0) is 5.11. The van der Waals surface area contributed by atoms with Crippen LogP contribution in [0.5, 0.6) is 0 Å². The van der Waals surface area contributed by atoms with Crippen molar-refractivity contribution in [1.29, 1.82) is 0 Å². The lowest BCUT2D eigenvalue weighted by atomic mass is 10.5. The number of rotatable bonds is 0. The Hall–Kier alpha value is 0.137. The molecule has 0 radical (unpaired) electrons. The molecule has 0 spiro atoms. The minimum atomic E-state index is 0.564. The average molecular weight is 117 g/mol. The highest BCUT2D eigenvalue weighted by Crippen LogP contribution is 1.87. The Morgan fingerprint density at radius 3 is 2.86 bits per heavy atom. The van der Waals surface area contributed by atoms with Gasteiger partial charge in [0.15, 0.2) is 0 Å². The highest BCUT2D eigenvalue weighted by molar-refractivity contribution is 6.11. The maximum Gasteiger partial charge on any atom is 0.0590 e. The summed E-state index contributed by atoms with van der Waals surface area (Å²) in [5.41, 5.74) is 0.564. The monoisotopic (exact) mass is 117 g/mol. The van der Waals surface area contributed by atoms with E-state index in [2.05, 4.69) is 5.32 Å². The molecule has 1 rings (SSSR count). The van der Waals surface area contributed by atoms with E-state index in [1.807, 2.05) is 0 Å². The number of hydrogen-bond donors (Lipinski definition) is 1. The Labute approximate surface area is 46.7 Å². The van der Waals surface area contributed by atoms with Gasteiger partial charge in [0.2, 0.25) is 0 Å². The third kappa shape index (κ3) is 1.59. The van der Waals surface area contributed by atoms with Gasteiger partial charge in [-0.2, -0.15) is 0 Å². The highest BCUT2D eigenvalue weighted by atomic mass is 28.1. The summed E-state index contributed by atoms with van der Waals surface area (Å²) in [5, 5.41) is 3.24. The van der Waals surface area contributed by atoms with Gasteiger partial charge in [-0.05, 0) is 0 Å². The Kier molecular flexibility index (Phi) is 1.84. The van der Waals surface area contributed by atoms with Crippen LogP contribution < -0.4 is 5.32 Å². The fourth-order valence-corrected chi connectivity index (χ4v) is 1.22. The SMILES string of the molecule is [SiH3]C1CNCCO1. The molecule has 1 heterocycles. The molecule has 1 atom stereocenters. The highest BCUT2D eigenvalue weighted by Gasteiger charge is 2.04. The maximum atomic E-state index is 5.28. The quantitative estimate of drug-likeness (QED) is 0.382. The van der Waals surface area contributed by atoms with E-state index in [1.165, 1.54) is 10.2 Å². The summed E-state index contributed by atoms with van der Waals surface area (Å²) in [4.78, 5) is 0. The van der Waals surface area contributed by atoms with Gasteiger partial charge in [-0.3, -0.25) is 0 Å². The molecule has 3 heteroatoms. The second-order valence-electron chi connectivity index (χ2n) is 1.89. The molecule has 0 bridgehead atoms. The lowest BCUT2D eigenvalue weighted by Gasteiger charge is -2.19. The van der Waals surface area contributed by atoms with Gasteiger partial charge in [0.1, 0.15) is 0 Å². The van der Waals surface area contributed by atoms with Crippen molar-refractivity contribution >= 4 is 10.2 Å². The van der Waals surface area contributed by atoms with E-state index in [9.17, 15) is 0 Å². The van der Waals surface area contributed by atoms with Crippen molar-refractivity contribution in [2.75, 3.05) is 19.7 Å². The molecule has 1 N–H and O–H groups in total. The van der Waals surface area contributed by atoms with Crippen LogP contribution >= 0.6 is 0 Å². The van der Waals surface area contributed by atoms with Gasteiger partial charge in [0, 0.05) is 23.3 Å². The van der Waals surface area contributed by atoms with Crippen LogP contribution in [0, 0.1) is 0 Å². The number of morpholine rings is 1. The molecule has 0 aromatic rings. The van der Waals surface area contributed by atoms with Crippen molar-refractivity contribution < 1.29 is 4.74 Å². The van der Waals surface area contributed by atoms with E-state index in [0.717, 1.165) is 19.7 Å². The molecule has 1 aliphatic rings. The molecule has 0 aliphatic carbocycles. The normalized spacial score (nSPS) is 33.4. The standard InChI is InChI=1S/C4H11NOSi/c7-4-3-5-1-2-6-4/h4-5H,1-3H2,7H3. The fourth-order valence-electron chi connectivity index (χ4n) is 0.697. The summed E-state index contributed by atoms with van der Waals surface area (Å²) in [6.45, 7) is 3.03. The van der Waals surface area contributed by atoms with Crippen LogP contribution in [-0.2, 0) is 4.74 Å². The summed E-state index contributed by atoms with van der Waals surface area (Å²) < 4.78 is 5.28. The van der Waals surface area contributed by atoms with E-state index in [1.54, 1.807) is 0 Å². The van der Waals surface area contributed by atoms with Crippen LogP contribution in [0.25, 0.3) is 0 Å². The van der Waals surface area contributed by atoms with E-state index in [-0.39, 0.29) is 0 Å². The first kappa shape index (κ1) is 5.28. The molecule has 0 aromatic carbocycles. The van der Waals surface area contributed by atoms with Crippen LogP contribution in [0.4, 0.5) is 0 Å². The largest absolute Gasteiger partial charge is 0.380 e. The van der Waals surface area contributed by atoms with Gasteiger partial charge in [0.05, 0.1) is 12.3 Å². The minimum Gasteiger partial charge on any atom is -0.380 e. The summed E-state index contributed by atoms with van der Waals surface area (Å²) in [5.74, 6) is 0. The van der Waals surface area contributed by atoms with Crippen molar-refractivity contribution in [3.05, 3.63) is 0 Å². The molecule has 0 aromatic heterocycles. The summed E-state index contributed by atoms with van der Waals surface area (Å²) in [6.07, 6.45) is 0. The zero-order valence-corrected chi connectivity index (χ0v) is 6.61. The van der Waals surface area contributed by atoms with Crippen molar-refractivity contribution in [2.24, 2.45) is 0 Å². The van der Waals surface area contributed by atoms with Gasteiger partial charge in [-0.1, -0.05) is 0 Å². The first-order chi connectivity index (χ1) is 3.39. The smallest absolute Gasteiger partial charge is 0.0590 e. The molecule has 0 amide bonds. The van der Waals surface area contributed by atoms with E-state index in [4.69, 9.17) is 4.74 Å². The Bertz CT molecular complexity index is 53.7. The predicted octanol–water partition coefficient (Wildman–Crippen LogP) is -1.70. The second kappa shape index (κ2) is 2.45. The second-order valence-corrected chi connectivity index (χ2v) is 3.17. The Morgan fingerprint density at radius 2 is 2.57 bits per heavy atom. The van der Waals surface area contributed by atoms with Crippen molar-refractivity contribution in [1.82, 2.24) is 5.32 Å². The summed E-state index contributed by atoms with van der Waals surface area (Å²) in [7, 11) is 1.17. The summed E-state index contributed by atoms with van der Waals surface area (Å²) >= 11 is 0. The lowest BCUT2D eigenvalue weighted by molar-refractivity contribution is 0.0800. The van der Waals surface area contributed by atoms with Gasteiger partial charge in [-0.15, -0.1) is 0 Å². The number of ether oxygens (including phenoxy) is 1. The van der Waals surface area contributed by atoms with Crippen molar-refractivity contribution in [2.45, 2.75) is 5.73 Å². The Balaban J connectivity index is 2.12. The van der Waals surface area contributed by atoms with Crippen molar-refractivity contribution in [3.63, 3.8) is 0 Å². The predicted molar refractivity (Wildman–Crippen MR) is 32.5 cm³/mol. The van der Waals surface area contributed by atoms with Gasteiger partial charge in [0.25, 0.3) is 0 Å². The molecule has 42 valence electrons. The van der Waals surface area contributed by atoms with Crippen LogP contribution in [-0.4, -0.2) is 35.7 Å². The van der Waals surface area contributed by atoms with Crippen molar-refractivity contribution in [3.8, 4) is 0 Å². The van der Waals surface area contributed by atoms with Crippen LogP contribution in [0.3, 0.4) is 0 Å². The lowest BCUT2D eigenvalue weighted by Crippen LogP contribution is -2.38. The van der Waals surface area contributed by atoms with E-state index in [0.29, 0.717) is 5.73 Å². The molecular formula is C4H11NOSi. The molecule has 7 heavy (non-hydrogen) atoms. The third-order valence-electron chi connectivity index (χ3n) is 1.11. The molecule has 1 aliphatic heterocycles. The first-order valence-electron chi connectivity index (χ1n) is 2.72. The average Bonchev–Trinajstić information content (AvgIpc) is 1.69. The summed E-state index contributed by atoms with van der Waals surface area (Å²) in [6, 6.07) is 0. The Morgan fingerprint density at radius 1 is 1.71 bits per heavy atom. The molecule has 0 saturated carbocycles. The van der Waals surface area contributed by atoms with Gasteiger partial charge < -0.3 is 10.1 Å². The molecule has 1 unspecified atom stereocenters. The topological polar surface area (TPSA) is 21.3 Å². The zero-order valence-electron chi connectivity index (χ0n) is 4.61. The maximum absolute atomic E-state index is 5.28. The van der Waals surface area contributed by atoms with E-state index < -0.39 is 0 Å². The van der Waals surface area contributed by atoms with Gasteiger partial charge >= 0.3 is 0 Å². The minimum absolute atomic E-state index is 0.564. The number of nitrogens with one attached hydrogen (secondary N) is 1. The molecule has 1 saturated heterocycles. The fraction of sp³-hybridized carbons (Fsp3) is 1.00. The number of hydrogen-bond acceptors (Lipinski definition) is 2. The third-order valence-corrected chi connectivity index (χ3v) is 1.85. The molecular weight excluding hydrogens is 106 g/mol. The first-order valence-corrected chi connectivity index (χ1v) is 3.87. The van der Waals surface area contributed by atoms with Crippen LogP contribution in [0.1, 0.15) is 0 Å². The van der Waals surface area contributed by atoms with Crippen LogP contribution in [0.2, 0.25) is 0 Å². The van der Waals surface area contributed by atoms with Crippen LogP contribution in [0.15, 0.2) is 0 Å². The molecule has 1 fully saturated rings. The molecule has 2 nitrogen and oxygen atoms in total. The van der Waals surface area contributed by atoms with Gasteiger partial charge in [-0.25, -0.2) is 0 Å². The van der Waals surface area contributed by atoms with E-state index >= 15 is 0 Å².